The summed E-state index contributed by atoms with van der Waals surface area (Å²) in [6.07, 6.45) is 5.87. The molecule has 0 heterocycles. The average Bonchev–Trinajstić information content (AvgIpc) is 2.46. The molecule has 1 rings (SSSR count). The van der Waals surface area contributed by atoms with Gasteiger partial charge in [-0.15, -0.1) is 0 Å². The average molecular weight is 431 g/mol. The van der Waals surface area contributed by atoms with Crippen LogP contribution in [0.5, 0.6) is 0 Å². The maximum atomic E-state index is 10.8. The van der Waals surface area contributed by atoms with E-state index in [0.717, 1.165) is 19.3 Å². The fourth-order valence-electron chi connectivity index (χ4n) is 3.32. The molecular formula is C21H43O3PSi2. The molecule has 27 heavy (non-hydrogen) atoms. The number of hydrogen-bond acceptors (Lipinski definition) is 3. The third kappa shape index (κ3) is 6.62. The summed E-state index contributed by atoms with van der Waals surface area (Å²) in [5, 5.41) is 0.107. The van der Waals surface area contributed by atoms with Gasteiger partial charge in [0.1, 0.15) is 0 Å². The van der Waals surface area contributed by atoms with E-state index < -0.39 is 16.6 Å². The van der Waals surface area contributed by atoms with Crippen LogP contribution >= 0.6 is 8.81 Å². The van der Waals surface area contributed by atoms with Gasteiger partial charge in [0, 0.05) is 21.1 Å². The molecule has 1 aliphatic rings. The first-order valence-electron chi connectivity index (χ1n) is 10.2. The smallest absolute Gasteiger partial charge is 0.192 e. The monoisotopic (exact) mass is 430 g/mol. The standard InChI is InChI=1S/C21H43O3PSi2/c1-16-17(11-12-25-22)13-19(24-27(9,10)20(2,3)4)14-18(16)15-21(5,6)26(7,8)23/h11,18-19,22-23,25H,1,12-15H2,2-10H3/b17-11-/t18-,19-/m1/s1. The van der Waals surface area contributed by atoms with Crippen molar-refractivity contribution in [2.75, 3.05) is 6.16 Å². The summed E-state index contributed by atoms with van der Waals surface area (Å²) >= 11 is 0. The maximum absolute atomic E-state index is 10.8. The van der Waals surface area contributed by atoms with Crippen LogP contribution in [-0.4, -0.2) is 38.6 Å². The zero-order valence-electron chi connectivity index (χ0n) is 19.1. The van der Waals surface area contributed by atoms with Crippen LogP contribution in [0.1, 0.15) is 53.9 Å². The van der Waals surface area contributed by atoms with Gasteiger partial charge in [-0.2, -0.15) is 0 Å². The Morgan fingerprint density at radius 3 is 2.19 bits per heavy atom. The van der Waals surface area contributed by atoms with Crippen molar-refractivity contribution >= 4 is 25.4 Å². The van der Waals surface area contributed by atoms with Crippen molar-refractivity contribution < 1.29 is 14.1 Å². The Labute approximate surface area is 171 Å². The summed E-state index contributed by atoms with van der Waals surface area (Å²) in [7, 11) is -4.19. The van der Waals surface area contributed by atoms with E-state index >= 15 is 0 Å². The third-order valence-corrected chi connectivity index (χ3v) is 15.5. The van der Waals surface area contributed by atoms with Crippen molar-refractivity contribution in [2.45, 2.75) is 96.2 Å². The lowest BCUT2D eigenvalue weighted by Gasteiger charge is -2.45. The van der Waals surface area contributed by atoms with E-state index in [4.69, 9.17) is 4.43 Å². The van der Waals surface area contributed by atoms with Gasteiger partial charge in [-0.25, -0.2) is 0 Å². The van der Waals surface area contributed by atoms with E-state index in [0.29, 0.717) is 12.1 Å². The summed E-state index contributed by atoms with van der Waals surface area (Å²) in [4.78, 5) is 20.1. The minimum atomic E-state index is -2.28. The fourth-order valence-corrected chi connectivity index (χ4v) is 5.77. The molecule has 1 saturated carbocycles. The van der Waals surface area contributed by atoms with Crippen LogP contribution in [0, 0.1) is 5.92 Å². The molecular weight excluding hydrogens is 387 g/mol. The zero-order chi connectivity index (χ0) is 21.3. The highest BCUT2D eigenvalue weighted by Crippen LogP contribution is 2.49. The molecule has 0 spiro atoms. The molecule has 0 aliphatic heterocycles. The van der Waals surface area contributed by atoms with Crippen LogP contribution in [0.2, 0.25) is 36.3 Å². The summed E-state index contributed by atoms with van der Waals surface area (Å²) in [5.74, 6) is 0.329. The van der Waals surface area contributed by atoms with Gasteiger partial charge >= 0.3 is 0 Å². The van der Waals surface area contributed by atoms with Crippen molar-refractivity contribution in [1.29, 1.82) is 0 Å². The first kappa shape index (κ1) is 25.3. The van der Waals surface area contributed by atoms with Crippen LogP contribution < -0.4 is 0 Å². The van der Waals surface area contributed by atoms with Crippen molar-refractivity contribution in [1.82, 2.24) is 0 Å². The predicted molar refractivity (Wildman–Crippen MR) is 126 cm³/mol. The van der Waals surface area contributed by atoms with Gasteiger partial charge in [0.2, 0.25) is 0 Å². The maximum Gasteiger partial charge on any atom is 0.192 e. The highest BCUT2D eigenvalue weighted by atomic mass is 31.1. The minimum Gasteiger partial charge on any atom is -0.432 e. The highest BCUT2D eigenvalue weighted by molar-refractivity contribution is 7.31. The van der Waals surface area contributed by atoms with Gasteiger partial charge < -0.3 is 14.1 Å². The molecule has 1 unspecified atom stereocenters. The first-order valence-corrected chi connectivity index (χ1v) is 17.2. The molecule has 1 aliphatic carbocycles. The van der Waals surface area contributed by atoms with Crippen molar-refractivity contribution in [3.05, 3.63) is 23.8 Å². The Balaban J connectivity index is 3.11. The van der Waals surface area contributed by atoms with Gasteiger partial charge in [-0.05, 0) is 72.6 Å². The Morgan fingerprint density at radius 1 is 1.19 bits per heavy atom. The lowest BCUT2D eigenvalue weighted by molar-refractivity contribution is 0.139. The molecule has 0 bridgehead atoms. The highest BCUT2D eigenvalue weighted by Gasteiger charge is 2.44. The Kier molecular flexibility index (Phi) is 8.36. The lowest BCUT2D eigenvalue weighted by Crippen LogP contribution is -2.46. The Bertz CT molecular complexity index is 557. The third-order valence-electron chi connectivity index (χ3n) is 7.02. The largest absolute Gasteiger partial charge is 0.432 e. The van der Waals surface area contributed by atoms with E-state index in [2.05, 4.69) is 60.4 Å². The second kappa shape index (κ2) is 8.93. The van der Waals surface area contributed by atoms with Crippen molar-refractivity contribution in [3.63, 3.8) is 0 Å². The molecule has 0 radical (unpaired) electrons. The summed E-state index contributed by atoms with van der Waals surface area (Å²) in [6.45, 7) is 24.4. The number of rotatable bonds is 7. The summed E-state index contributed by atoms with van der Waals surface area (Å²) in [6, 6.07) is 0. The molecule has 3 atom stereocenters. The van der Waals surface area contributed by atoms with Gasteiger partial charge in [-0.3, -0.25) is 0 Å². The molecule has 3 nitrogen and oxygen atoms in total. The summed E-state index contributed by atoms with van der Waals surface area (Å²) < 4.78 is 6.78. The zero-order valence-corrected chi connectivity index (χ0v) is 22.1. The van der Waals surface area contributed by atoms with Gasteiger partial charge in [0.15, 0.2) is 16.6 Å². The molecule has 6 heteroatoms. The Morgan fingerprint density at radius 2 is 1.74 bits per heavy atom. The van der Waals surface area contributed by atoms with Crippen LogP contribution in [0.25, 0.3) is 0 Å². The van der Waals surface area contributed by atoms with Crippen molar-refractivity contribution in [2.24, 2.45) is 5.92 Å². The quantitative estimate of drug-likeness (QED) is 0.372. The molecule has 158 valence electrons. The second-order valence-corrected chi connectivity index (χ2v) is 20.9. The van der Waals surface area contributed by atoms with E-state index in [-0.39, 0.29) is 25.0 Å². The van der Waals surface area contributed by atoms with E-state index in [9.17, 15) is 9.69 Å². The lowest BCUT2D eigenvalue weighted by atomic mass is 9.76. The molecule has 1 fully saturated rings. The van der Waals surface area contributed by atoms with Crippen LogP contribution in [0.3, 0.4) is 0 Å². The van der Waals surface area contributed by atoms with Crippen LogP contribution in [0.15, 0.2) is 23.8 Å². The molecule has 0 amide bonds. The Hall–Kier alpha value is 0.224. The fraction of sp³-hybridized carbons (Fsp3) is 0.810. The second-order valence-electron chi connectivity index (χ2n) is 10.9. The van der Waals surface area contributed by atoms with E-state index in [1.165, 1.54) is 11.1 Å². The molecule has 0 aromatic heterocycles. The molecule has 0 saturated heterocycles. The van der Waals surface area contributed by atoms with Gasteiger partial charge in [-0.1, -0.05) is 47.3 Å². The topological polar surface area (TPSA) is 49.7 Å². The summed E-state index contributed by atoms with van der Waals surface area (Å²) in [5.41, 5.74) is 2.44. The number of allylic oxidation sites excluding steroid dienone is 2. The SMILES string of the molecule is C=C1/C(=C\CPO)C[C@@H](O[Si](C)(C)C(C)(C)C)C[C@@H]1CC(C)(C)[Si](C)(C)O. The van der Waals surface area contributed by atoms with Gasteiger partial charge in [0.05, 0.1) is 0 Å². The van der Waals surface area contributed by atoms with Crippen LogP contribution in [0.4, 0.5) is 0 Å². The van der Waals surface area contributed by atoms with Crippen LogP contribution in [-0.2, 0) is 4.43 Å². The molecule has 0 aromatic carbocycles. The molecule has 0 aromatic rings. The van der Waals surface area contributed by atoms with Crippen molar-refractivity contribution in [3.8, 4) is 0 Å². The first-order chi connectivity index (χ1) is 12.0. The van der Waals surface area contributed by atoms with Gasteiger partial charge in [0.25, 0.3) is 0 Å². The van der Waals surface area contributed by atoms with E-state index in [1.54, 1.807) is 0 Å². The van der Waals surface area contributed by atoms with E-state index in [1.807, 2.05) is 13.1 Å². The minimum absolute atomic E-state index is 0.0653. The molecule has 2 N–H and O–H groups in total. The predicted octanol–water partition coefficient (Wildman–Crippen LogP) is 6.22. The number of hydrogen-bond donors (Lipinski definition) is 2. The normalized spacial score (nSPS) is 25.0.